The molecule has 24 heavy (non-hydrogen) atoms. The molecule has 0 aliphatic heterocycles. The van der Waals surface area contributed by atoms with Crippen molar-refractivity contribution in [2.75, 3.05) is 0 Å². The van der Waals surface area contributed by atoms with E-state index >= 15 is 0 Å². The lowest BCUT2D eigenvalue weighted by Crippen LogP contribution is -1.83. The Hall–Kier alpha value is -3.19. The predicted molar refractivity (Wildman–Crippen MR) is 101 cm³/mol. The van der Waals surface area contributed by atoms with Crippen LogP contribution >= 0.6 is 0 Å². The van der Waals surface area contributed by atoms with Gasteiger partial charge in [0, 0.05) is 18.0 Å². The molecule has 1 aromatic heterocycles. The van der Waals surface area contributed by atoms with Crippen molar-refractivity contribution in [1.29, 1.82) is 0 Å². The van der Waals surface area contributed by atoms with Crippen LogP contribution in [0.5, 0.6) is 0 Å². The second-order valence-corrected chi connectivity index (χ2v) is 5.77. The van der Waals surface area contributed by atoms with Crippen molar-refractivity contribution in [3.05, 3.63) is 103 Å². The van der Waals surface area contributed by atoms with E-state index in [4.69, 9.17) is 0 Å². The van der Waals surface area contributed by atoms with E-state index < -0.39 is 0 Å². The summed E-state index contributed by atoms with van der Waals surface area (Å²) in [6.45, 7) is 0. The fourth-order valence-corrected chi connectivity index (χ4v) is 2.90. The molecule has 1 nitrogen and oxygen atoms in total. The van der Waals surface area contributed by atoms with E-state index in [0.29, 0.717) is 0 Å². The van der Waals surface area contributed by atoms with Gasteiger partial charge in [0.15, 0.2) is 0 Å². The van der Waals surface area contributed by atoms with E-state index in [1.165, 1.54) is 27.8 Å². The molecule has 0 aliphatic rings. The van der Waals surface area contributed by atoms with Crippen LogP contribution in [0.3, 0.4) is 0 Å². The highest BCUT2D eigenvalue weighted by Crippen LogP contribution is 2.28. The van der Waals surface area contributed by atoms with Crippen molar-refractivity contribution in [2.45, 2.75) is 0 Å². The van der Waals surface area contributed by atoms with Gasteiger partial charge in [-0.15, -0.1) is 0 Å². The van der Waals surface area contributed by atoms with Gasteiger partial charge in [0.25, 0.3) is 0 Å². The molecule has 0 aliphatic carbocycles. The maximum atomic E-state index is 4.21. The van der Waals surface area contributed by atoms with E-state index in [9.17, 15) is 0 Å². The highest BCUT2D eigenvalue weighted by atomic mass is 14.6. The topological polar surface area (TPSA) is 12.9 Å². The summed E-state index contributed by atoms with van der Waals surface area (Å²) in [7, 11) is 0. The summed E-state index contributed by atoms with van der Waals surface area (Å²) in [5.74, 6) is 0. The van der Waals surface area contributed by atoms with Gasteiger partial charge in [-0.1, -0.05) is 78.9 Å². The molecule has 0 saturated carbocycles. The minimum absolute atomic E-state index is 1.14. The van der Waals surface area contributed by atoms with Crippen molar-refractivity contribution in [1.82, 2.24) is 4.98 Å². The Bertz CT molecular complexity index is 926. The first-order chi connectivity index (χ1) is 11.9. The number of pyridine rings is 1. The molecule has 4 aromatic rings. The summed E-state index contributed by atoms with van der Waals surface area (Å²) in [5.41, 5.74) is 7.25. The van der Waals surface area contributed by atoms with E-state index in [-0.39, 0.29) is 0 Å². The van der Waals surface area contributed by atoms with Crippen molar-refractivity contribution >= 4 is 0 Å². The normalized spacial score (nSPS) is 10.5. The molecule has 1 heteroatoms. The second kappa shape index (κ2) is 6.51. The van der Waals surface area contributed by atoms with Crippen LogP contribution in [0.15, 0.2) is 103 Å². The lowest BCUT2D eigenvalue weighted by Gasteiger charge is -2.07. The molecule has 0 amide bonds. The molecular weight excluding hydrogens is 290 g/mol. The monoisotopic (exact) mass is 307 g/mol. The molecule has 0 saturated heterocycles. The largest absolute Gasteiger partial charge is 0.264 e. The van der Waals surface area contributed by atoms with E-state index in [1.54, 1.807) is 6.20 Å². The van der Waals surface area contributed by atoms with E-state index in [1.807, 2.05) is 18.3 Å². The minimum atomic E-state index is 1.14. The number of hydrogen-bond donors (Lipinski definition) is 0. The van der Waals surface area contributed by atoms with Gasteiger partial charge in [0.2, 0.25) is 0 Å². The van der Waals surface area contributed by atoms with Gasteiger partial charge in [-0.25, -0.2) is 0 Å². The van der Waals surface area contributed by atoms with E-state index in [0.717, 1.165) is 5.56 Å². The molecule has 0 atom stereocenters. The number of nitrogens with zero attached hydrogens (tertiary/aromatic N) is 1. The van der Waals surface area contributed by atoms with Crippen LogP contribution in [0.2, 0.25) is 0 Å². The molecule has 114 valence electrons. The van der Waals surface area contributed by atoms with Crippen LogP contribution in [-0.4, -0.2) is 4.98 Å². The smallest absolute Gasteiger partial charge is 0.0346 e. The third-order valence-electron chi connectivity index (χ3n) is 4.18. The van der Waals surface area contributed by atoms with Gasteiger partial charge < -0.3 is 0 Å². The van der Waals surface area contributed by atoms with Gasteiger partial charge in [0.05, 0.1) is 0 Å². The Morgan fingerprint density at radius 3 is 1.62 bits per heavy atom. The van der Waals surface area contributed by atoms with Gasteiger partial charge in [-0.05, 0) is 39.9 Å². The molecule has 1 heterocycles. The molecule has 0 radical (unpaired) electrons. The van der Waals surface area contributed by atoms with Crippen LogP contribution in [0.25, 0.3) is 33.4 Å². The fourth-order valence-electron chi connectivity index (χ4n) is 2.90. The Labute approximate surface area is 142 Å². The first kappa shape index (κ1) is 14.4. The lowest BCUT2D eigenvalue weighted by molar-refractivity contribution is 1.33. The maximum Gasteiger partial charge on any atom is 0.0346 e. The Morgan fingerprint density at radius 2 is 0.958 bits per heavy atom. The molecule has 3 aromatic carbocycles. The summed E-state index contributed by atoms with van der Waals surface area (Å²) >= 11 is 0. The summed E-state index contributed by atoms with van der Waals surface area (Å²) in [6.07, 6.45) is 3.70. The third-order valence-corrected chi connectivity index (χ3v) is 4.18. The molecular formula is C23H17N. The highest BCUT2D eigenvalue weighted by Gasteiger charge is 2.03. The second-order valence-electron chi connectivity index (χ2n) is 5.77. The average Bonchev–Trinajstić information content (AvgIpc) is 2.70. The molecule has 0 unspecified atom stereocenters. The molecule has 0 spiro atoms. The van der Waals surface area contributed by atoms with Gasteiger partial charge in [0.1, 0.15) is 0 Å². The molecule has 0 fully saturated rings. The zero-order chi connectivity index (χ0) is 16.2. The zero-order valence-corrected chi connectivity index (χ0v) is 13.3. The van der Waals surface area contributed by atoms with Gasteiger partial charge in [-0.2, -0.15) is 0 Å². The van der Waals surface area contributed by atoms with Crippen molar-refractivity contribution in [3.8, 4) is 33.4 Å². The summed E-state index contributed by atoms with van der Waals surface area (Å²) < 4.78 is 0. The average molecular weight is 307 g/mol. The van der Waals surface area contributed by atoms with Crippen LogP contribution in [0.1, 0.15) is 0 Å². The van der Waals surface area contributed by atoms with Crippen LogP contribution in [0, 0.1) is 0 Å². The first-order valence-corrected chi connectivity index (χ1v) is 8.06. The standard InChI is InChI=1S/C23H17N/c1-2-6-18(7-3-1)19-11-13-20(14-12-19)21-8-4-9-22(16-21)23-10-5-15-24-17-23/h1-17H. The minimum Gasteiger partial charge on any atom is -0.264 e. The van der Waals surface area contributed by atoms with Crippen molar-refractivity contribution in [3.63, 3.8) is 0 Å². The maximum absolute atomic E-state index is 4.21. The SMILES string of the molecule is c1ccc(-c2ccc(-c3cccc(-c4cccnc4)c3)cc2)cc1. The highest BCUT2D eigenvalue weighted by molar-refractivity contribution is 5.74. The predicted octanol–water partition coefficient (Wildman–Crippen LogP) is 6.08. The number of rotatable bonds is 3. The summed E-state index contributed by atoms with van der Waals surface area (Å²) in [4.78, 5) is 4.21. The Morgan fingerprint density at radius 1 is 0.417 bits per heavy atom. The fraction of sp³-hybridized carbons (Fsp3) is 0. The Kier molecular flexibility index (Phi) is 3.91. The van der Waals surface area contributed by atoms with Gasteiger partial charge in [-0.3, -0.25) is 4.98 Å². The first-order valence-electron chi connectivity index (χ1n) is 8.06. The lowest BCUT2D eigenvalue weighted by atomic mass is 9.98. The molecule has 0 bridgehead atoms. The molecule has 0 N–H and O–H groups in total. The number of hydrogen-bond acceptors (Lipinski definition) is 1. The third kappa shape index (κ3) is 2.97. The van der Waals surface area contributed by atoms with Crippen molar-refractivity contribution in [2.24, 2.45) is 0 Å². The van der Waals surface area contributed by atoms with Gasteiger partial charge >= 0.3 is 0 Å². The Balaban J connectivity index is 1.67. The van der Waals surface area contributed by atoms with E-state index in [2.05, 4.69) is 83.8 Å². The quantitative estimate of drug-likeness (QED) is 0.447. The summed E-state index contributed by atoms with van der Waals surface area (Å²) in [5, 5.41) is 0. The number of aromatic nitrogens is 1. The van der Waals surface area contributed by atoms with Crippen LogP contribution in [-0.2, 0) is 0 Å². The summed E-state index contributed by atoms with van der Waals surface area (Å²) in [6, 6.07) is 31.8. The molecule has 4 rings (SSSR count). The van der Waals surface area contributed by atoms with Crippen molar-refractivity contribution < 1.29 is 0 Å². The van der Waals surface area contributed by atoms with Crippen LogP contribution in [0.4, 0.5) is 0 Å². The van der Waals surface area contributed by atoms with Crippen LogP contribution < -0.4 is 0 Å². The zero-order valence-electron chi connectivity index (χ0n) is 13.3. The number of benzene rings is 3.